The van der Waals surface area contributed by atoms with E-state index < -0.39 is 0 Å². The van der Waals surface area contributed by atoms with Crippen LogP contribution in [0.25, 0.3) is 0 Å². The summed E-state index contributed by atoms with van der Waals surface area (Å²) in [5.41, 5.74) is 1.63. The Balaban J connectivity index is 2.65. The van der Waals surface area contributed by atoms with Gasteiger partial charge in [0.05, 0.1) is 6.07 Å². The highest BCUT2D eigenvalue weighted by molar-refractivity contribution is 5.95. The Kier molecular flexibility index (Phi) is 6.23. The molecule has 114 valence electrons. The van der Waals surface area contributed by atoms with Crippen molar-refractivity contribution in [1.29, 1.82) is 5.26 Å². The smallest absolute Gasteiger partial charge is 0.251 e. The zero-order chi connectivity index (χ0) is 15.9. The Labute approximate surface area is 127 Å². The molecule has 1 rings (SSSR count). The molecule has 0 radical (unpaired) electrons. The first-order chi connectivity index (χ1) is 9.84. The van der Waals surface area contributed by atoms with Crippen LogP contribution < -0.4 is 10.6 Å². The third-order valence-electron chi connectivity index (χ3n) is 3.23. The minimum absolute atomic E-state index is 0.0475. The molecule has 0 aromatic heterocycles. The van der Waals surface area contributed by atoms with Crippen LogP contribution in [0.2, 0.25) is 0 Å². The second-order valence-corrected chi connectivity index (χ2v) is 6.38. The van der Waals surface area contributed by atoms with Crippen molar-refractivity contribution in [3.63, 3.8) is 0 Å². The maximum atomic E-state index is 12.0. The van der Waals surface area contributed by atoms with Gasteiger partial charge in [-0.1, -0.05) is 19.9 Å². The number of nitrogens with one attached hydrogen (secondary N) is 2. The van der Waals surface area contributed by atoms with Crippen molar-refractivity contribution in [2.24, 2.45) is 5.41 Å². The van der Waals surface area contributed by atoms with E-state index in [0.717, 1.165) is 18.7 Å². The van der Waals surface area contributed by atoms with E-state index in [-0.39, 0.29) is 17.4 Å². The molecule has 1 aromatic rings. The Morgan fingerprint density at radius 2 is 2.10 bits per heavy atom. The van der Waals surface area contributed by atoms with Crippen molar-refractivity contribution in [2.45, 2.75) is 46.6 Å². The standard InChI is InChI=1S/C17H25N3O/c1-13(2)20-16(21)14-7-5-8-15(11-14)19-12-17(3,4)9-6-10-18/h5,7-8,11,13,19H,6,9,12H2,1-4H3,(H,20,21). The molecule has 1 amide bonds. The number of nitriles is 1. The molecule has 0 unspecified atom stereocenters. The van der Waals surface area contributed by atoms with E-state index in [2.05, 4.69) is 30.6 Å². The second-order valence-electron chi connectivity index (χ2n) is 6.38. The van der Waals surface area contributed by atoms with Crippen molar-refractivity contribution >= 4 is 11.6 Å². The number of anilines is 1. The molecule has 0 atom stereocenters. The van der Waals surface area contributed by atoms with Crippen LogP contribution in [-0.2, 0) is 0 Å². The predicted molar refractivity (Wildman–Crippen MR) is 86.2 cm³/mol. The van der Waals surface area contributed by atoms with E-state index in [4.69, 9.17) is 5.26 Å². The second kappa shape index (κ2) is 7.68. The molecule has 0 saturated carbocycles. The molecule has 0 saturated heterocycles. The first kappa shape index (κ1) is 17.0. The highest BCUT2D eigenvalue weighted by Crippen LogP contribution is 2.23. The van der Waals surface area contributed by atoms with E-state index in [0.29, 0.717) is 12.0 Å². The fraction of sp³-hybridized carbons (Fsp3) is 0.529. The monoisotopic (exact) mass is 287 g/mol. The number of hydrogen-bond acceptors (Lipinski definition) is 3. The molecule has 0 aliphatic carbocycles. The summed E-state index contributed by atoms with van der Waals surface area (Å²) in [4.78, 5) is 12.0. The fourth-order valence-electron chi connectivity index (χ4n) is 1.94. The molecule has 4 nitrogen and oxygen atoms in total. The lowest BCUT2D eigenvalue weighted by Crippen LogP contribution is -2.30. The zero-order valence-electron chi connectivity index (χ0n) is 13.4. The molecular formula is C17H25N3O. The lowest BCUT2D eigenvalue weighted by Gasteiger charge is -2.24. The summed E-state index contributed by atoms with van der Waals surface area (Å²) in [6, 6.07) is 9.80. The SMILES string of the molecule is CC(C)NC(=O)c1cccc(NCC(C)(C)CCC#N)c1. The first-order valence-electron chi connectivity index (χ1n) is 7.36. The molecule has 0 fully saturated rings. The largest absolute Gasteiger partial charge is 0.384 e. The Hall–Kier alpha value is -2.02. The van der Waals surface area contributed by atoms with E-state index in [1.54, 1.807) is 0 Å². The molecule has 0 aliphatic heterocycles. The van der Waals surface area contributed by atoms with Gasteiger partial charge in [-0.25, -0.2) is 0 Å². The summed E-state index contributed by atoms with van der Waals surface area (Å²) >= 11 is 0. The van der Waals surface area contributed by atoms with Crippen molar-refractivity contribution in [2.75, 3.05) is 11.9 Å². The minimum atomic E-state index is -0.0580. The Morgan fingerprint density at radius 3 is 2.71 bits per heavy atom. The van der Waals surface area contributed by atoms with Gasteiger partial charge >= 0.3 is 0 Å². The van der Waals surface area contributed by atoms with E-state index in [1.165, 1.54) is 0 Å². The van der Waals surface area contributed by atoms with Crippen molar-refractivity contribution < 1.29 is 4.79 Å². The Bertz CT molecular complexity index is 515. The van der Waals surface area contributed by atoms with Gasteiger partial charge in [0.1, 0.15) is 0 Å². The van der Waals surface area contributed by atoms with E-state index >= 15 is 0 Å². The highest BCUT2D eigenvalue weighted by atomic mass is 16.1. The van der Waals surface area contributed by atoms with Crippen molar-refractivity contribution in [3.05, 3.63) is 29.8 Å². The highest BCUT2D eigenvalue weighted by Gasteiger charge is 2.17. The first-order valence-corrected chi connectivity index (χ1v) is 7.36. The maximum Gasteiger partial charge on any atom is 0.251 e. The summed E-state index contributed by atoms with van der Waals surface area (Å²) in [5, 5.41) is 14.9. The Morgan fingerprint density at radius 1 is 1.38 bits per heavy atom. The van der Waals surface area contributed by atoms with Gasteiger partial charge in [-0.3, -0.25) is 4.79 Å². The summed E-state index contributed by atoms with van der Waals surface area (Å²) in [5.74, 6) is -0.0580. The normalized spacial score (nSPS) is 11.0. The average molecular weight is 287 g/mol. The van der Waals surface area contributed by atoms with Crippen molar-refractivity contribution in [3.8, 4) is 6.07 Å². The predicted octanol–water partition coefficient (Wildman–Crippen LogP) is 3.57. The minimum Gasteiger partial charge on any atom is -0.384 e. The maximum absolute atomic E-state index is 12.0. The third kappa shape index (κ3) is 6.31. The average Bonchev–Trinajstić information content (AvgIpc) is 2.43. The van der Waals surface area contributed by atoms with Gasteiger partial charge in [0.2, 0.25) is 0 Å². The van der Waals surface area contributed by atoms with Crippen LogP contribution >= 0.6 is 0 Å². The van der Waals surface area contributed by atoms with Crippen LogP contribution in [0.4, 0.5) is 5.69 Å². The third-order valence-corrected chi connectivity index (χ3v) is 3.23. The lowest BCUT2D eigenvalue weighted by molar-refractivity contribution is 0.0943. The topological polar surface area (TPSA) is 64.9 Å². The summed E-state index contributed by atoms with van der Waals surface area (Å²) in [6.07, 6.45) is 1.41. The van der Waals surface area contributed by atoms with E-state index in [9.17, 15) is 4.79 Å². The number of carbonyl (C=O) groups is 1. The van der Waals surface area contributed by atoms with Gasteiger partial charge in [-0.2, -0.15) is 5.26 Å². The van der Waals surface area contributed by atoms with Crippen LogP contribution in [0.5, 0.6) is 0 Å². The molecule has 1 aromatic carbocycles. The van der Waals surface area contributed by atoms with Crippen LogP contribution in [0.1, 0.15) is 50.9 Å². The quantitative estimate of drug-likeness (QED) is 0.805. The van der Waals surface area contributed by atoms with Crippen LogP contribution in [-0.4, -0.2) is 18.5 Å². The molecule has 0 heterocycles. The molecular weight excluding hydrogens is 262 g/mol. The van der Waals surface area contributed by atoms with Crippen molar-refractivity contribution in [1.82, 2.24) is 5.32 Å². The summed E-state index contributed by atoms with van der Waals surface area (Å²) in [7, 11) is 0. The number of benzene rings is 1. The molecule has 2 N–H and O–H groups in total. The van der Waals surface area contributed by atoms with Crippen LogP contribution in [0.3, 0.4) is 0 Å². The zero-order valence-corrected chi connectivity index (χ0v) is 13.4. The molecule has 0 spiro atoms. The molecule has 4 heteroatoms. The number of amides is 1. The summed E-state index contributed by atoms with van der Waals surface area (Å²) in [6.45, 7) is 8.92. The van der Waals surface area contributed by atoms with E-state index in [1.807, 2.05) is 38.1 Å². The van der Waals surface area contributed by atoms with Crippen LogP contribution in [0.15, 0.2) is 24.3 Å². The number of carbonyl (C=O) groups excluding carboxylic acids is 1. The van der Waals surface area contributed by atoms with Gasteiger partial charge < -0.3 is 10.6 Å². The summed E-state index contributed by atoms with van der Waals surface area (Å²) < 4.78 is 0. The van der Waals surface area contributed by atoms with Gasteiger partial charge in [0.15, 0.2) is 0 Å². The van der Waals surface area contributed by atoms with Gasteiger partial charge in [-0.15, -0.1) is 0 Å². The number of rotatable bonds is 7. The fourth-order valence-corrected chi connectivity index (χ4v) is 1.94. The van der Waals surface area contributed by atoms with Gasteiger partial charge in [-0.05, 0) is 43.9 Å². The van der Waals surface area contributed by atoms with Gasteiger partial charge in [0.25, 0.3) is 5.91 Å². The lowest BCUT2D eigenvalue weighted by atomic mass is 9.88. The number of hydrogen-bond donors (Lipinski definition) is 2. The molecule has 21 heavy (non-hydrogen) atoms. The van der Waals surface area contributed by atoms with Crippen LogP contribution in [0, 0.1) is 16.7 Å². The molecule has 0 bridgehead atoms. The number of nitrogens with zero attached hydrogens (tertiary/aromatic N) is 1. The van der Waals surface area contributed by atoms with Gasteiger partial charge in [0, 0.05) is 30.3 Å². The molecule has 0 aliphatic rings.